The number of aromatic nitrogens is 1. The van der Waals surface area contributed by atoms with Crippen LogP contribution in [-0.4, -0.2) is 72.4 Å². The first-order chi connectivity index (χ1) is 21.9. The van der Waals surface area contributed by atoms with E-state index >= 15 is 0 Å². The fourth-order valence-electron chi connectivity index (χ4n) is 8.37. The van der Waals surface area contributed by atoms with E-state index in [1.54, 1.807) is 16.7 Å². The highest BCUT2D eigenvalue weighted by Gasteiger charge is 2.69. The lowest BCUT2D eigenvalue weighted by molar-refractivity contribution is -0.137. The number of nitrogens with zero attached hydrogens (tertiary/aromatic N) is 2. The topological polar surface area (TPSA) is 118 Å². The minimum atomic E-state index is -0.371. The molecule has 45 heavy (non-hydrogen) atoms. The number of hydrogen-bond donors (Lipinski definition) is 1. The predicted molar refractivity (Wildman–Crippen MR) is 168 cm³/mol. The number of para-hydroxylation sites is 1. The van der Waals surface area contributed by atoms with Crippen molar-refractivity contribution in [1.82, 2.24) is 9.88 Å². The van der Waals surface area contributed by atoms with Crippen molar-refractivity contribution in [3.63, 3.8) is 0 Å². The lowest BCUT2D eigenvalue weighted by atomic mass is 9.68. The third-order valence-corrected chi connectivity index (χ3v) is 12.7. The number of hydrogen-bond acceptors (Lipinski definition) is 9. The van der Waals surface area contributed by atoms with Crippen LogP contribution in [0.25, 0.3) is 0 Å². The highest BCUT2D eigenvalue weighted by Crippen LogP contribution is 2.68. The van der Waals surface area contributed by atoms with E-state index in [9.17, 15) is 19.2 Å². The van der Waals surface area contributed by atoms with Crippen molar-refractivity contribution in [2.24, 2.45) is 29.6 Å². The van der Waals surface area contributed by atoms with Crippen LogP contribution < -0.4 is 19.2 Å². The predicted octanol–water partition coefficient (Wildman–Crippen LogP) is 3.75. The Morgan fingerprint density at radius 3 is 2.49 bits per heavy atom. The van der Waals surface area contributed by atoms with Crippen LogP contribution in [-0.2, 0) is 19.1 Å². The lowest BCUT2D eigenvalue weighted by Crippen LogP contribution is -2.43. The number of fused-ring (bicyclic) bond motifs is 9. The molecule has 2 saturated heterocycles. The number of ether oxygens (including phenoxy) is 3. The first kappa shape index (κ1) is 28.8. The zero-order chi connectivity index (χ0) is 30.8. The molecule has 1 N–H and O–H groups in total. The quantitative estimate of drug-likeness (QED) is 0.386. The number of H-pyrrole nitrogens is 1. The number of aromatic amines is 1. The standard InChI is InChI=1S/C33H33N3O7S2/c1-2-42-22-14-17(8-9-21(22)43-16-23(37)35-10-12-41-13-11-35)24-25-19-15-20(28(25)44-30-29(24)45-33(40)34-30)27-26(19)31(38)36(32(27)39)18-6-4-3-5-7-18/h3-9,14,19-20,24-28H,2,10-13,15-16H2,1H3,(H,34,40)/t19-,20-,24+,25-,26+,27+,28-/m1/s1. The molecule has 10 nitrogen and oxygen atoms in total. The molecule has 2 saturated carbocycles. The number of morpholine rings is 1. The summed E-state index contributed by atoms with van der Waals surface area (Å²) in [4.78, 5) is 60.2. The number of rotatable bonds is 7. The number of amides is 3. The third kappa shape index (κ3) is 4.63. The second kappa shape index (κ2) is 11.3. The van der Waals surface area contributed by atoms with E-state index < -0.39 is 0 Å². The van der Waals surface area contributed by atoms with Crippen LogP contribution in [0.4, 0.5) is 5.69 Å². The Balaban J connectivity index is 1.13. The van der Waals surface area contributed by atoms with Crippen molar-refractivity contribution in [3.05, 3.63) is 68.6 Å². The van der Waals surface area contributed by atoms with Crippen molar-refractivity contribution >= 4 is 46.5 Å². The van der Waals surface area contributed by atoms with Crippen molar-refractivity contribution in [1.29, 1.82) is 0 Å². The highest BCUT2D eigenvalue weighted by atomic mass is 32.2. The summed E-state index contributed by atoms with van der Waals surface area (Å²) in [6.45, 7) is 4.34. The number of thiazole rings is 1. The molecule has 3 aliphatic heterocycles. The maximum atomic E-state index is 14.0. The average molecular weight is 648 g/mol. The fraction of sp³-hybridized carbons (Fsp3) is 0.455. The summed E-state index contributed by atoms with van der Waals surface area (Å²) >= 11 is 2.89. The Morgan fingerprint density at radius 1 is 0.978 bits per heavy atom. The second-order valence-electron chi connectivity index (χ2n) is 12.2. The maximum absolute atomic E-state index is 14.0. The SMILES string of the molecule is CCOc1cc([C@@H]2c3sc(=O)[nH]c3S[C@@H]3[C@@H]4C[C@@H]([C@@H]5C(=O)N(c6ccccc6)C(=O)[C@@H]45)[C@H]23)ccc1OCC(=O)N1CCOCC1. The molecular weight excluding hydrogens is 615 g/mol. The Labute approximate surface area is 268 Å². The summed E-state index contributed by atoms with van der Waals surface area (Å²) in [5.74, 6) is -0.0436. The number of nitrogens with one attached hydrogen (secondary N) is 1. The van der Waals surface area contributed by atoms with Crippen molar-refractivity contribution in [2.75, 3.05) is 44.4 Å². The van der Waals surface area contributed by atoms with Crippen molar-refractivity contribution in [3.8, 4) is 11.5 Å². The van der Waals surface area contributed by atoms with Gasteiger partial charge >= 0.3 is 4.87 Å². The van der Waals surface area contributed by atoms with Gasteiger partial charge in [-0.15, -0.1) is 11.8 Å². The van der Waals surface area contributed by atoms with Gasteiger partial charge in [0, 0.05) is 29.1 Å². The first-order valence-corrected chi connectivity index (χ1v) is 17.2. The van der Waals surface area contributed by atoms with E-state index in [0.29, 0.717) is 50.1 Å². The summed E-state index contributed by atoms with van der Waals surface area (Å²) in [7, 11) is 0. The van der Waals surface area contributed by atoms with Crippen molar-refractivity contribution in [2.45, 2.75) is 29.5 Å². The van der Waals surface area contributed by atoms with Crippen molar-refractivity contribution < 1.29 is 28.6 Å². The fourth-order valence-corrected chi connectivity index (χ4v) is 11.3. The lowest BCUT2D eigenvalue weighted by Gasteiger charge is -2.43. The van der Waals surface area contributed by atoms with Crippen LogP contribution in [0.15, 0.2) is 58.4 Å². The first-order valence-electron chi connectivity index (χ1n) is 15.5. The van der Waals surface area contributed by atoms with Crippen LogP contribution in [0.2, 0.25) is 0 Å². The highest BCUT2D eigenvalue weighted by molar-refractivity contribution is 8.00. The van der Waals surface area contributed by atoms with Gasteiger partial charge in [-0.1, -0.05) is 35.6 Å². The van der Waals surface area contributed by atoms with Gasteiger partial charge in [-0.05, 0) is 60.9 Å². The van der Waals surface area contributed by atoms with E-state index in [1.165, 1.54) is 16.2 Å². The van der Waals surface area contributed by atoms with Gasteiger partial charge in [0.1, 0.15) is 0 Å². The summed E-state index contributed by atoms with van der Waals surface area (Å²) in [5.41, 5.74) is 1.60. The number of thioether (sulfide) groups is 1. The summed E-state index contributed by atoms with van der Waals surface area (Å²) < 4.78 is 17.4. The Hall–Kier alpha value is -3.61. The van der Waals surface area contributed by atoms with Gasteiger partial charge in [0.2, 0.25) is 11.8 Å². The molecule has 3 aromatic rings. The van der Waals surface area contributed by atoms with E-state index in [4.69, 9.17) is 14.2 Å². The van der Waals surface area contributed by atoms with Gasteiger partial charge in [-0.3, -0.25) is 24.1 Å². The molecule has 2 bridgehead atoms. The molecule has 12 heteroatoms. The zero-order valence-electron chi connectivity index (χ0n) is 24.7. The molecule has 2 aliphatic carbocycles. The molecule has 4 heterocycles. The molecule has 1 aromatic heterocycles. The number of imide groups is 1. The van der Waals surface area contributed by atoms with E-state index in [-0.39, 0.29) is 70.0 Å². The van der Waals surface area contributed by atoms with Gasteiger partial charge in [-0.25, -0.2) is 0 Å². The van der Waals surface area contributed by atoms with E-state index in [0.717, 1.165) is 21.9 Å². The van der Waals surface area contributed by atoms with Crippen LogP contribution in [0.5, 0.6) is 11.5 Å². The second-order valence-corrected chi connectivity index (χ2v) is 14.4. The average Bonchev–Trinajstić information content (AvgIpc) is 3.80. The Bertz CT molecular complexity index is 1720. The number of benzene rings is 2. The molecule has 8 rings (SSSR count). The zero-order valence-corrected chi connectivity index (χ0v) is 26.3. The molecule has 4 fully saturated rings. The van der Waals surface area contributed by atoms with Gasteiger partial charge in [0.25, 0.3) is 5.91 Å². The molecule has 0 radical (unpaired) electrons. The molecule has 0 spiro atoms. The minimum Gasteiger partial charge on any atom is -0.490 e. The van der Waals surface area contributed by atoms with Gasteiger partial charge < -0.3 is 24.1 Å². The number of carbonyl (C=O) groups is 3. The van der Waals surface area contributed by atoms with Crippen LogP contribution in [0, 0.1) is 29.6 Å². The molecule has 0 unspecified atom stereocenters. The third-order valence-electron chi connectivity index (χ3n) is 10.1. The smallest absolute Gasteiger partial charge is 0.305 e. The van der Waals surface area contributed by atoms with Gasteiger partial charge in [0.05, 0.1) is 42.4 Å². The van der Waals surface area contributed by atoms with Gasteiger partial charge in [0.15, 0.2) is 18.1 Å². The minimum absolute atomic E-state index is 0.00984. The summed E-state index contributed by atoms with van der Waals surface area (Å²) in [6.07, 6.45) is 0.816. The number of carbonyl (C=O) groups excluding carboxylic acids is 3. The Kier molecular flexibility index (Phi) is 7.26. The molecular formula is C33H33N3O7S2. The van der Waals surface area contributed by atoms with Gasteiger partial charge in [-0.2, -0.15) is 0 Å². The van der Waals surface area contributed by atoms with E-state index in [1.807, 2.05) is 55.5 Å². The monoisotopic (exact) mass is 647 g/mol. The van der Waals surface area contributed by atoms with E-state index in [2.05, 4.69) is 4.98 Å². The number of anilines is 1. The van der Waals surface area contributed by atoms with Crippen LogP contribution in [0.1, 0.15) is 29.7 Å². The molecule has 234 valence electrons. The summed E-state index contributed by atoms with van der Waals surface area (Å²) in [5, 5.41) is 0.940. The maximum Gasteiger partial charge on any atom is 0.305 e. The normalized spacial score (nSPS) is 29.8. The molecule has 7 atom stereocenters. The summed E-state index contributed by atoms with van der Waals surface area (Å²) in [6, 6.07) is 15.0. The van der Waals surface area contributed by atoms with Crippen LogP contribution in [0.3, 0.4) is 0 Å². The molecule has 2 aromatic carbocycles. The van der Waals surface area contributed by atoms with Crippen LogP contribution >= 0.6 is 23.1 Å². The largest absolute Gasteiger partial charge is 0.490 e. The molecule has 3 amide bonds. The molecule has 5 aliphatic rings. The Morgan fingerprint density at radius 2 is 1.73 bits per heavy atom.